The van der Waals surface area contributed by atoms with E-state index in [0.717, 1.165) is 49.2 Å². The molecule has 5 fully saturated rings. The Morgan fingerprint density at radius 1 is 0.903 bits per heavy atom. The largest absolute Gasteiger partial charge is 0.476 e. The van der Waals surface area contributed by atoms with Crippen molar-refractivity contribution in [1.29, 1.82) is 5.26 Å². The zero-order valence-corrected chi connectivity index (χ0v) is 38.6. The second-order valence-electron chi connectivity index (χ2n) is 21.7. The van der Waals surface area contributed by atoms with Gasteiger partial charge < -0.3 is 19.7 Å². The van der Waals surface area contributed by atoms with E-state index in [-0.39, 0.29) is 35.6 Å². The standard InChI is InChI=1S/C52H70N4O5S/c1-48(2)41(39-14-23-51(24-15-39,36-61-46-33-38(34-53)19-26-54-46)47(57)60-35-37-9-6-5-7-10-37)16-21-50(4)44(48)18-22-49(3)42-17-25-52(20-8-11-43(52)40(42)12-13-45(49)50)55-27-28-56-29-31-62(58,59)32-30-56/h5-7,9-10,14,16,19,26,33,40,42-45,55H,8,11-13,15,17-18,20-25,27-32,35-36H2,1-4H3. The molecule has 1 aromatic heterocycles. The summed E-state index contributed by atoms with van der Waals surface area (Å²) in [5.74, 6) is 4.36. The minimum Gasteiger partial charge on any atom is -0.476 e. The van der Waals surface area contributed by atoms with E-state index in [1.807, 2.05) is 30.3 Å². The van der Waals surface area contributed by atoms with Gasteiger partial charge in [-0.3, -0.25) is 4.79 Å². The molecule has 1 aliphatic heterocycles. The van der Waals surface area contributed by atoms with Crippen LogP contribution in [-0.4, -0.2) is 74.1 Å². The van der Waals surface area contributed by atoms with Crippen molar-refractivity contribution in [1.82, 2.24) is 15.2 Å². The lowest BCUT2D eigenvalue weighted by Crippen LogP contribution is -2.64. The van der Waals surface area contributed by atoms with Crippen molar-refractivity contribution in [3.05, 3.63) is 83.1 Å². The predicted molar refractivity (Wildman–Crippen MR) is 243 cm³/mol. The Morgan fingerprint density at radius 2 is 1.71 bits per heavy atom. The number of ether oxygens (including phenoxy) is 2. The van der Waals surface area contributed by atoms with Crippen LogP contribution in [0.4, 0.5) is 0 Å². The molecule has 0 amide bonds. The van der Waals surface area contributed by atoms with Crippen LogP contribution in [-0.2, 0) is 26.0 Å². The fourth-order valence-electron chi connectivity index (χ4n) is 15.3. The number of sulfone groups is 1. The summed E-state index contributed by atoms with van der Waals surface area (Å²) in [5, 5.41) is 13.6. The molecule has 0 spiro atoms. The van der Waals surface area contributed by atoms with Gasteiger partial charge >= 0.3 is 5.97 Å². The van der Waals surface area contributed by atoms with Crippen LogP contribution in [0.2, 0.25) is 0 Å². The fraction of sp³-hybridized carbons (Fsp3) is 0.673. The minimum atomic E-state index is -2.85. The molecule has 9 nitrogen and oxygen atoms in total. The third-order valence-electron chi connectivity index (χ3n) is 18.4. The van der Waals surface area contributed by atoms with Crippen molar-refractivity contribution in [3.63, 3.8) is 0 Å². The molecule has 7 aliphatic rings. The molecule has 334 valence electrons. The van der Waals surface area contributed by atoms with Crippen LogP contribution in [0.15, 0.2) is 72.0 Å². The molecular weight excluding hydrogens is 793 g/mol. The van der Waals surface area contributed by atoms with Crippen LogP contribution in [0.3, 0.4) is 0 Å². The lowest BCUT2D eigenvalue weighted by atomic mass is 9.37. The number of nitrogens with zero attached hydrogens (tertiary/aromatic N) is 3. The van der Waals surface area contributed by atoms with Crippen molar-refractivity contribution in [2.75, 3.05) is 44.3 Å². The first-order valence-electron chi connectivity index (χ1n) is 24.0. The molecule has 1 N–H and O–H groups in total. The van der Waals surface area contributed by atoms with Gasteiger partial charge in [0.05, 0.1) is 23.1 Å². The molecular formula is C52H70N4O5S. The molecule has 6 aliphatic carbocycles. The van der Waals surface area contributed by atoms with Gasteiger partial charge in [0, 0.05) is 44.0 Å². The Hall–Kier alpha value is -3.52. The third kappa shape index (κ3) is 7.89. The smallest absolute Gasteiger partial charge is 0.316 e. The Morgan fingerprint density at radius 3 is 2.47 bits per heavy atom. The first-order chi connectivity index (χ1) is 29.7. The van der Waals surface area contributed by atoms with E-state index in [9.17, 15) is 18.5 Å². The summed E-state index contributed by atoms with van der Waals surface area (Å²) >= 11 is 0. The van der Waals surface area contributed by atoms with E-state index in [0.29, 0.717) is 66.1 Å². The molecule has 4 saturated carbocycles. The summed E-state index contributed by atoms with van der Waals surface area (Å²) in [7, 11) is -2.85. The summed E-state index contributed by atoms with van der Waals surface area (Å²) in [4.78, 5) is 20.8. The zero-order valence-electron chi connectivity index (χ0n) is 37.8. The lowest BCUT2D eigenvalue weighted by molar-refractivity contribution is -0.175. The van der Waals surface area contributed by atoms with Crippen molar-refractivity contribution < 1.29 is 22.7 Å². The van der Waals surface area contributed by atoms with Crippen LogP contribution >= 0.6 is 0 Å². The number of carbonyl (C=O) groups excluding carboxylic acids is 1. The summed E-state index contributed by atoms with van der Waals surface area (Å²) in [6.45, 7) is 14.1. The van der Waals surface area contributed by atoms with E-state index in [4.69, 9.17) is 9.47 Å². The number of hydrogen-bond donors (Lipinski definition) is 1. The Labute approximate surface area is 371 Å². The minimum absolute atomic E-state index is 0.0125. The summed E-state index contributed by atoms with van der Waals surface area (Å²) in [6, 6.07) is 15.3. The lowest BCUT2D eigenvalue weighted by Gasteiger charge is -2.68. The number of benzene rings is 1. The van der Waals surface area contributed by atoms with E-state index < -0.39 is 15.3 Å². The Kier molecular flexibility index (Phi) is 11.8. The summed E-state index contributed by atoms with van der Waals surface area (Å²) in [6.07, 6.45) is 21.5. The number of pyridine rings is 1. The molecule has 0 bridgehead atoms. The highest BCUT2D eigenvalue weighted by atomic mass is 32.2. The predicted octanol–water partition coefficient (Wildman–Crippen LogP) is 9.25. The van der Waals surface area contributed by atoms with E-state index in [2.05, 4.69) is 61.1 Å². The van der Waals surface area contributed by atoms with Crippen molar-refractivity contribution >= 4 is 15.8 Å². The van der Waals surface area contributed by atoms with Gasteiger partial charge in [0.25, 0.3) is 0 Å². The number of rotatable bonds is 11. The first kappa shape index (κ1) is 43.7. The van der Waals surface area contributed by atoms with Crippen LogP contribution in [0.25, 0.3) is 0 Å². The average Bonchev–Trinajstić information content (AvgIpc) is 3.70. The Balaban J connectivity index is 0.897. The van der Waals surface area contributed by atoms with Gasteiger partial charge in [-0.2, -0.15) is 5.26 Å². The number of esters is 1. The van der Waals surface area contributed by atoms with Gasteiger partial charge in [0.15, 0.2) is 9.84 Å². The summed E-state index contributed by atoms with van der Waals surface area (Å²) < 4.78 is 36.3. The average molecular weight is 863 g/mol. The maximum atomic E-state index is 14.1. The molecule has 2 aromatic rings. The number of nitriles is 1. The monoisotopic (exact) mass is 863 g/mol. The number of aromatic nitrogens is 1. The molecule has 9 atom stereocenters. The van der Waals surface area contributed by atoms with Gasteiger partial charge in [0.2, 0.25) is 5.88 Å². The van der Waals surface area contributed by atoms with Gasteiger partial charge in [0.1, 0.15) is 18.6 Å². The highest BCUT2D eigenvalue weighted by Crippen LogP contribution is 2.72. The molecule has 1 aromatic carbocycles. The van der Waals surface area contributed by atoms with Crippen molar-refractivity contribution in [3.8, 4) is 11.9 Å². The number of carbonyl (C=O) groups is 1. The number of hydrogen-bond acceptors (Lipinski definition) is 9. The van der Waals surface area contributed by atoms with Gasteiger partial charge in [-0.1, -0.05) is 76.6 Å². The van der Waals surface area contributed by atoms with E-state index in [1.165, 1.54) is 68.9 Å². The van der Waals surface area contributed by atoms with Crippen molar-refractivity contribution in [2.45, 2.75) is 123 Å². The first-order valence-corrected chi connectivity index (χ1v) is 25.8. The molecule has 10 heteroatoms. The maximum absolute atomic E-state index is 14.1. The van der Waals surface area contributed by atoms with Crippen LogP contribution in [0.5, 0.6) is 5.88 Å². The normalized spacial score (nSPS) is 37.2. The quantitative estimate of drug-likeness (QED) is 0.221. The highest BCUT2D eigenvalue weighted by Gasteiger charge is 2.65. The number of fused-ring (bicyclic) bond motifs is 7. The molecule has 62 heavy (non-hydrogen) atoms. The second kappa shape index (κ2) is 16.8. The van der Waals surface area contributed by atoms with Crippen LogP contribution in [0, 0.1) is 62.6 Å². The zero-order chi connectivity index (χ0) is 43.4. The highest BCUT2D eigenvalue weighted by molar-refractivity contribution is 7.91. The molecule has 2 heterocycles. The fourth-order valence-corrected chi connectivity index (χ4v) is 16.6. The van der Waals surface area contributed by atoms with Crippen molar-refractivity contribution in [2.24, 2.45) is 51.2 Å². The Bertz CT molecular complexity index is 2200. The maximum Gasteiger partial charge on any atom is 0.316 e. The second-order valence-corrected chi connectivity index (χ2v) is 24.0. The topological polar surface area (TPSA) is 122 Å². The van der Waals surface area contributed by atoms with Gasteiger partial charge in [-0.15, -0.1) is 0 Å². The molecule has 9 unspecified atom stereocenters. The van der Waals surface area contributed by atoms with Crippen LogP contribution in [0.1, 0.15) is 122 Å². The number of allylic oxidation sites excluding steroid dienone is 4. The molecule has 0 radical (unpaired) electrons. The molecule has 1 saturated heterocycles. The summed E-state index contributed by atoms with van der Waals surface area (Å²) in [5.41, 5.74) is 4.31. The number of nitrogens with one attached hydrogen (secondary N) is 1. The van der Waals surface area contributed by atoms with Gasteiger partial charge in [-0.05, 0) is 146 Å². The van der Waals surface area contributed by atoms with E-state index >= 15 is 0 Å². The van der Waals surface area contributed by atoms with Crippen LogP contribution < -0.4 is 10.1 Å². The SMILES string of the molecule is CC1(C)C(C2=CCC(COc3cc(C#N)ccn3)(C(=O)OCc3ccccc3)CC2)=CCC2(C)C1CCC1(C)C3CCC4(NCCN5CCS(=O)(=O)CC5)CCCC4C3CCC12. The van der Waals surface area contributed by atoms with E-state index in [1.54, 1.807) is 18.3 Å². The van der Waals surface area contributed by atoms with Gasteiger partial charge in [-0.25, -0.2) is 13.4 Å². The third-order valence-corrected chi connectivity index (χ3v) is 20.0. The molecule has 9 rings (SSSR count).